The highest BCUT2D eigenvalue weighted by Crippen LogP contribution is 2.45. The number of hydrogen-bond acceptors (Lipinski definition) is 4. The molecule has 1 unspecified atom stereocenters. The molecule has 2 bridgehead atoms. The molecule has 1 atom stereocenters. The summed E-state index contributed by atoms with van der Waals surface area (Å²) in [7, 11) is 0. The highest BCUT2D eigenvalue weighted by Gasteiger charge is 2.57. The lowest BCUT2D eigenvalue weighted by Crippen LogP contribution is -2.64. The standard InChI is InChI=1S/C16H23NO3/c1-3-5-7-8-10-16-18-11-14(12-19-16)15(13-17,20-16)9-6-4-2/h1,14H,4-12H2,2H3. The minimum absolute atomic E-state index is 0.0200. The Balaban J connectivity index is 2.01. The van der Waals surface area contributed by atoms with Gasteiger partial charge in [-0.15, -0.1) is 12.3 Å². The van der Waals surface area contributed by atoms with E-state index in [4.69, 9.17) is 20.6 Å². The summed E-state index contributed by atoms with van der Waals surface area (Å²) in [4.78, 5) is 0. The first-order valence-electron chi connectivity index (χ1n) is 7.53. The molecule has 3 fully saturated rings. The van der Waals surface area contributed by atoms with Gasteiger partial charge in [0, 0.05) is 18.8 Å². The molecule has 3 saturated heterocycles. The van der Waals surface area contributed by atoms with Crippen molar-refractivity contribution in [1.82, 2.24) is 0 Å². The van der Waals surface area contributed by atoms with E-state index in [0.29, 0.717) is 19.6 Å². The normalized spacial score (nSPS) is 35.5. The zero-order valence-corrected chi connectivity index (χ0v) is 12.2. The summed E-state index contributed by atoms with van der Waals surface area (Å²) >= 11 is 0. The number of nitriles is 1. The smallest absolute Gasteiger partial charge is 0.284 e. The number of fused-ring (bicyclic) bond motifs is 3. The second-order valence-corrected chi connectivity index (χ2v) is 5.62. The van der Waals surface area contributed by atoms with Crippen LogP contribution in [0.4, 0.5) is 0 Å². The average molecular weight is 277 g/mol. The van der Waals surface area contributed by atoms with E-state index in [-0.39, 0.29) is 5.92 Å². The molecule has 0 aromatic heterocycles. The third-order valence-electron chi connectivity index (χ3n) is 4.15. The van der Waals surface area contributed by atoms with Crippen molar-refractivity contribution in [1.29, 1.82) is 5.26 Å². The Bertz CT molecular complexity index is 401. The van der Waals surface area contributed by atoms with Gasteiger partial charge >= 0.3 is 0 Å². The first-order valence-corrected chi connectivity index (χ1v) is 7.53. The van der Waals surface area contributed by atoms with Gasteiger partial charge in [0.25, 0.3) is 5.97 Å². The molecule has 3 aliphatic heterocycles. The molecule has 3 aliphatic rings. The molecule has 3 heterocycles. The van der Waals surface area contributed by atoms with E-state index >= 15 is 0 Å². The molecule has 0 radical (unpaired) electrons. The molecular weight excluding hydrogens is 254 g/mol. The van der Waals surface area contributed by atoms with Crippen LogP contribution in [0.1, 0.15) is 51.9 Å². The van der Waals surface area contributed by atoms with Gasteiger partial charge in [-0.1, -0.05) is 13.3 Å². The van der Waals surface area contributed by atoms with E-state index in [2.05, 4.69) is 18.9 Å². The number of unbranched alkanes of at least 4 members (excludes halogenated alkanes) is 3. The quantitative estimate of drug-likeness (QED) is 0.530. The van der Waals surface area contributed by atoms with Crippen LogP contribution in [0.5, 0.6) is 0 Å². The highest BCUT2D eigenvalue weighted by molar-refractivity contribution is 5.10. The van der Waals surface area contributed by atoms with Crippen LogP contribution in [-0.4, -0.2) is 24.8 Å². The predicted octanol–water partition coefficient (Wildman–Crippen LogP) is 2.98. The van der Waals surface area contributed by atoms with Crippen LogP contribution in [0.3, 0.4) is 0 Å². The molecule has 0 aromatic carbocycles. The van der Waals surface area contributed by atoms with Gasteiger partial charge in [0.05, 0.1) is 19.3 Å². The van der Waals surface area contributed by atoms with E-state index in [0.717, 1.165) is 38.5 Å². The van der Waals surface area contributed by atoms with Crippen LogP contribution < -0.4 is 0 Å². The molecule has 4 nitrogen and oxygen atoms in total. The Labute approximate surface area is 121 Å². The number of terminal acetylenes is 1. The molecule has 3 rings (SSSR count). The maximum absolute atomic E-state index is 9.60. The molecule has 0 aromatic rings. The van der Waals surface area contributed by atoms with Gasteiger partial charge in [-0.25, -0.2) is 0 Å². The van der Waals surface area contributed by atoms with Gasteiger partial charge < -0.3 is 14.2 Å². The average Bonchev–Trinajstić information content (AvgIpc) is 2.50. The lowest BCUT2D eigenvalue weighted by Gasteiger charge is -2.53. The van der Waals surface area contributed by atoms with Gasteiger partial charge in [0.15, 0.2) is 5.60 Å². The summed E-state index contributed by atoms with van der Waals surface area (Å²) in [5, 5.41) is 9.60. The number of nitrogens with zero attached hydrogens (tertiary/aromatic N) is 1. The largest absolute Gasteiger partial charge is 0.327 e. The van der Waals surface area contributed by atoms with E-state index in [1.807, 2.05) is 0 Å². The Kier molecular flexibility index (Phi) is 5.05. The lowest BCUT2D eigenvalue weighted by molar-refractivity contribution is -0.484. The van der Waals surface area contributed by atoms with Crippen LogP contribution in [-0.2, 0) is 14.2 Å². The van der Waals surface area contributed by atoms with E-state index in [9.17, 15) is 5.26 Å². The predicted molar refractivity (Wildman–Crippen MR) is 74.4 cm³/mol. The van der Waals surface area contributed by atoms with E-state index in [1.165, 1.54) is 0 Å². The molecule has 20 heavy (non-hydrogen) atoms. The summed E-state index contributed by atoms with van der Waals surface area (Å²) in [6.45, 7) is 3.22. The summed E-state index contributed by atoms with van der Waals surface area (Å²) in [6, 6.07) is 2.40. The second-order valence-electron chi connectivity index (χ2n) is 5.62. The zero-order valence-electron chi connectivity index (χ0n) is 12.2. The van der Waals surface area contributed by atoms with Crippen molar-refractivity contribution in [3.05, 3.63) is 0 Å². The Morgan fingerprint density at radius 2 is 1.95 bits per heavy atom. The minimum Gasteiger partial charge on any atom is -0.327 e. The molecule has 0 N–H and O–H groups in total. The maximum Gasteiger partial charge on any atom is 0.284 e. The molecule has 0 amide bonds. The first-order chi connectivity index (χ1) is 9.70. The fourth-order valence-electron chi connectivity index (χ4n) is 2.86. The number of hydrogen-bond donors (Lipinski definition) is 0. The van der Waals surface area contributed by atoms with Crippen molar-refractivity contribution in [3.8, 4) is 18.4 Å². The molecule has 0 aliphatic carbocycles. The van der Waals surface area contributed by atoms with Crippen molar-refractivity contribution in [2.45, 2.75) is 63.4 Å². The Hall–Kier alpha value is -1.07. The SMILES string of the molecule is C#CCCCCC12OCC(CO1)C(C#N)(CCCC)O2. The molecule has 0 spiro atoms. The second kappa shape index (κ2) is 6.59. The van der Waals surface area contributed by atoms with Gasteiger partial charge in [-0.2, -0.15) is 5.26 Å². The summed E-state index contributed by atoms with van der Waals surface area (Å²) in [5.74, 6) is 1.63. The lowest BCUT2D eigenvalue weighted by atomic mass is 9.82. The van der Waals surface area contributed by atoms with Crippen LogP contribution >= 0.6 is 0 Å². The van der Waals surface area contributed by atoms with E-state index < -0.39 is 11.6 Å². The summed E-state index contributed by atoms with van der Waals surface area (Å²) in [6.07, 6.45) is 11.2. The molecule has 0 saturated carbocycles. The van der Waals surface area contributed by atoms with Crippen LogP contribution in [0, 0.1) is 29.6 Å². The summed E-state index contributed by atoms with van der Waals surface area (Å²) in [5.41, 5.74) is -0.737. The van der Waals surface area contributed by atoms with Crippen LogP contribution in [0.15, 0.2) is 0 Å². The van der Waals surface area contributed by atoms with Gasteiger partial charge in [-0.3, -0.25) is 0 Å². The monoisotopic (exact) mass is 277 g/mol. The zero-order chi connectivity index (χ0) is 14.5. The fourth-order valence-corrected chi connectivity index (χ4v) is 2.86. The molecule has 110 valence electrons. The van der Waals surface area contributed by atoms with E-state index in [1.54, 1.807) is 0 Å². The van der Waals surface area contributed by atoms with Crippen molar-refractivity contribution < 1.29 is 14.2 Å². The van der Waals surface area contributed by atoms with Crippen molar-refractivity contribution in [2.24, 2.45) is 5.92 Å². The topological polar surface area (TPSA) is 51.5 Å². The van der Waals surface area contributed by atoms with Gasteiger partial charge in [0.2, 0.25) is 0 Å². The Morgan fingerprint density at radius 1 is 1.20 bits per heavy atom. The Morgan fingerprint density at radius 3 is 2.55 bits per heavy atom. The summed E-state index contributed by atoms with van der Waals surface area (Å²) < 4.78 is 17.5. The van der Waals surface area contributed by atoms with Crippen molar-refractivity contribution in [2.75, 3.05) is 13.2 Å². The van der Waals surface area contributed by atoms with Gasteiger partial charge in [-0.05, 0) is 25.7 Å². The molecule has 4 heteroatoms. The number of ether oxygens (including phenoxy) is 3. The van der Waals surface area contributed by atoms with Gasteiger partial charge in [0.1, 0.15) is 0 Å². The third-order valence-corrected chi connectivity index (χ3v) is 4.15. The van der Waals surface area contributed by atoms with Crippen LogP contribution in [0.2, 0.25) is 0 Å². The van der Waals surface area contributed by atoms with Crippen molar-refractivity contribution >= 4 is 0 Å². The van der Waals surface area contributed by atoms with Crippen molar-refractivity contribution in [3.63, 3.8) is 0 Å². The van der Waals surface area contributed by atoms with Crippen LogP contribution in [0.25, 0.3) is 0 Å². The fraction of sp³-hybridized carbons (Fsp3) is 0.812. The third kappa shape index (κ3) is 2.99. The first kappa shape index (κ1) is 15.3. The minimum atomic E-state index is -1.02. The maximum atomic E-state index is 9.60. The molecular formula is C16H23NO3. The highest BCUT2D eigenvalue weighted by atomic mass is 16.9. The number of rotatable bonds is 7.